The van der Waals surface area contributed by atoms with Crippen molar-refractivity contribution in [3.63, 3.8) is 0 Å². The minimum absolute atomic E-state index is 0.0495. The Morgan fingerprint density at radius 3 is 2.85 bits per heavy atom. The second-order valence-electron chi connectivity index (χ2n) is 4.29. The Kier molecular flexibility index (Phi) is 1.71. The fourth-order valence-electron chi connectivity index (χ4n) is 1.48. The predicted octanol–water partition coefficient (Wildman–Crippen LogP) is 1.14. The lowest BCUT2D eigenvalue weighted by Crippen LogP contribution is -2.39. The van der Waals surface area contributed by atoms with Gasteiger partial charge in [0.2, 0.25) is 0 Å². The molecule has 0 spiro atoms. The van der Waals surface area contributed by atoms with Crippen molar-refractivity contribution in [2.45, 2.75) is 20.8 Å². The van der Waals surface area contributed by atoms with Gasteiger partial charge in [-0.25, -0.2) is 10.0 Å². The van der Waals surface area contributed by atoms with Gasteiger partial charge in [-0.05, 0) is 0 Å². The topological polar surface area (TPSA) is 40.3 Å². The summed E-state index contributed by atoms with van der Waals surface area (Å²) in [6, 6.07) is 0. The molecule has 0 aromatic heterocycles. The highest BCUT2D eigenvalue weighted by molar-refractivity contribution is 6.44. The van der Waals surface area contributed by atoms with Gasteiger partial charge >= 0.3 is 0 Å². The quantitative estimate of drug-likeness (QED) is 0.548. The summed E-state index contributed by atoms with van der Waals surface area (Å²) < 4.78 is 0. The molecule has 0 amide bonds. The van der Waals surface area contributed by atoms with Crippen molar-refractivity contribution in [3.05, 3.63) is 0 Å². The van der Waals surface area contributed by atoms with Crippen LogP contribution in [0, 0.1) is 5.41 Å². The highest BCUT2D eigenvalue weighted by Crippen LogP contribution is 2.22. The minimum atomic E-state index is 0.0495. The minimum Gasteiger partial charge on any atom is -0.263 e. The van der Waals surface area contributed by atoms with Crippen LogP contribution in [0.5, 0.6) is 0 Å². The normalized spacial score (nSPS) is 21.3. The van der Waals surface area contributed by atoms with Crippen LogP contribution in [0.1, 0.15) is 20.8 Å². The number of fused-ring (bicyclic) bond motifs is 1. The fourth-order valence-corrected chi connectivity index (χ4v) is 1.48. The van der Waals surface area contributed by atoms with Crippen molar-refractivity contribution in [1.82, 2.24) is 5.01 Å². The van der Waals surface area contributed by atoms with Gasteiger partial charge in [0.15, 0.2) is 5.84 Å². The van der Waals surface area contributed by atoms with E-state index in [1.54, 1.807) is 6.34 Å². The molecule has 0 N–H and O–H groups in total. The molecule has 4 nitrogen and oxygen atoms in total. The van der Waals surface area contributed by atoms with Crippen molar-refractivity contribution in [3.8, 4) is 0 Å². The van der Waals surface area contributed by atoms with Gasteiger partial charge in [0.25, 0.3) is 0 Å². The molecule has 0 aliphatic carbocycles. The molecule has 0 saturated heterocycles. The van der Waals surface area contributed by atoms with E-state index in [9.17, 15) is 0 Å². The Labute approximate surface area is 78.1 Å². The van der Waals surface area contributed by atoms with Crippen molar-refractivity contribution in [1.29, 1.82) is 0 Å². The number of hydrazone groups is 1. The number of amidine groups is 1. The highest BCUT2D eigenvalue weighted by atomic mass is 15.5. The van der Waals surface area contributed by atoms with Gasteiger partial charge in [0.05, 0.1) is 18.8 Å². The van der Waals surface area contributed by atoms with Crippen molar-refractivity contribution in [2.24, 2.45) is 20.5 Å². The summed E-state index contributed by atoms with van der Waals surface area (Å²) >= 11 is 0. The molecule has 2 rings (SSSR count). The lowest BCUT2D eigenvalue weighted by atomic mass is 9.89. The van der Waals surface area contributed by atoms with Crippen molar-refractivity contribution < 1.29 is 0 Å². The van der Waals surface area contributed by atoms with Gasteiger partial charge in [-0.3, -0.25) is 4.99 Å². The molecule has 2 aliphatic heterocycles. The molecule has 70 valence electrons. The smallest absolute Gasteiger partial charge is 0.166 e. The summed E-state index contributed by atoms with van der Waals surface area (Å²) in [5.41, 5.74) is 1.09. The highest BCUT2D eigenvalue weighted by Gasteiger charge is 2.31. The third-order valence-corrected chi connectivity index (χ3v) is 2.12. The van der Waals surface area contributed by atoms with Crippen LogP contribution in [-0.4, -0.2) is 36.0 Å². The van der Waals surface area contributed by atoms with Crippen LogP contribution >= 0.6 is 0 Å². The second kappa shape index (κ2) is 2.65. The molecule has 0 aromatic rings. The first-order valence-corrected chi connectivity index (χ1v) is 4.52. The van der Waals surface area contributed by atoms with Crippen LogP contribution in [0.3, 0.4) is 0 Å². The molecule has 0 radical (unpaired) electrons. The first-order valence-electron chi connectivity index (χ1n) is 4.52. The summed E-state index contributed by atoms with van der Waals surface area (Å²) in [6.45, 7) is 8.15. The van der Waals surface area contributed by atoms with Crippen LogP contribution in [0.15, 0.2) is 15.1 Å². The molecule has 0 unspecified atom stereocenters. The van der Waals surface area contributed by atoms with E-state index in [4.69, 9.17) is 0 Å². The molecule has 4 heteroatoms. The molecular weight excluding hydrogens is 164 g/mol. The Hall–Kier alpha value is -1.19. The van der Waals surface area contributed by atoms with Gasteiger partial charge in [0, 0.05) is 5.41 Å². The molecule has 0 fully saturated rings. The Morgan fingerprint density at radius 1 is 1.38 bits per heavy atom. The lowest BCUT2D eigenvalue weighted by Gasteiger charge is -2.26. The molecule has 0 saturated carbocycles. The van der Waals surface area contributed by atoms with Crippen LogP contribution in [-0.2, 0) is 0 Å². The first kappa shape index (κ1) is 8.41. The van der Waals surface area contributed by atoms with Crippen molar-refractivity contribution in [2.75, 3.05) is 13.1 Å². The molecule has 0 aromatic carbocycles. The van der Waals surface area contributed by atoms with E-state index in [2.05, 4.69) is 35.9 Å². The zero-order chi connectivity index (χ0) is 9.47. The summed E-state index contributed by atoms with van der Waals surface area (Å²) in [6.07, 6.45) is 1.62. The summed E-state index contributed by atoms with van der Waals surface area (Å²) in [5, 5.41) is 6.07. The Bertz CT molecular complexity index is 306. The van der Waals surface area contributed by atoms with Crippen LogP contribution < -0.4 is 0 Å². The average molecular weight is 178 g/mol. The largest absolute Gasteiger partial charge is 0.263 e. The van der Waals surface area contributed by atoms with E-state index >= 15 is 0 Å². The summed E-state index contributed by atoms with van der Waals surface area (Å²) in [7, 11) is 0. The van der Waals surface area contributed by atoms with Crippen LogP contribution in [0.2, 0.25) is 0 Å². The lowest BCUT2D eigenvalue weighted by molar-refractivity contribution is 0.484. The van der Waals surface area contributed by atoms with Crippen LogP contribution in [0.4, 0.5) is 0 Å². The maximum absolute atomic E-state index is 4.40. The predicted molar refractivity (Wildman–Crippen MR) is 54.4 cm³/mol. The molecule has 0 atom stereocenters. The average Bonchev–Trinajstić information content (AvgIpc) is 2.48. The van der Waals surface area contributed by atoms with E-state index in [0.29, 0.717) is 0 Å². The number of aliphatic imine (C=N–C) groups is 2. The number of nitrogens with zero attached hydrogens (tertiary/aromatic N) is 4. The number of hydrogen-bond donors (Lipinski definition) is 0. The van der Waals surface area contributed by atoms with E-state index in [1.807, 2.05) is 5.01 Å². The maximum Gasteiger partial charge on any atom is 0.166 e. The maximum atomic E-state index is 4.40. The van der Waals surface area contributed by atoms with Gasteiger partial charge in [-0.1, -0.05) is 20.8 Å². The summed E-state index contributed by atoms with van der Waals surface area (Å²) in [5.74, 6) is 0.954. The monoisotopic (exact) mass is 178 g/mol. The van der Waals surface area contributed by atoms with Gasteiger partial charge < -0.3 is 0 Å². The Morgan fingerprint density at radius 2 is 2.15 bits per heavy atom. The third kappa shape index (κ3) is 1.36. The van der Waals surface area contributed by atoms with Gasteiger partial charge in [-0.15, -0.1) is 0 Å². The molecule has 2 heterocycles. The molecule has 2 aliphatic rings. The van der Waals surface area contributed by atoms with Crippen LogP contribution in [0.25, 0.3) is 0 Å². The van der Waals surface area contributed by atoms with Gasteiger partial charge in [-0.2, -0.15) is 5.10 Å². The standard InChI is InChI=1S/C9H14N4/c1-9(2,3)7-8-10-4-5-13(8)12-6-11-7/h6H,4-5H2,1-3H3. The molecule has 13 heavy (non-hydrogen) atoms. The number of hydrogen-bond acceptors (Lipinski definition) is 4. The Balaban J connectivity index is 2.37. The van der Waals surface area contributed by atoms with E-state index in [-0.39, 0.29) is 5.41 Å². The summed E-state index contributed by atoms with van der Waals surface area (Å²) in [4.78, 5) is 8.70. The van der Waals surface area contributed by atoms with Gasteiger partial charge in [0.1, 0.15) is 6.34 Å². The zero-order valence-corrected chi connectivity index (χ0v) is 8.28. The van der Waals surface area contributed by atoms with Crippen molar-refractivity contribution >= 4 is 17.9 Å². The SMILES string of the molecule is CC(C)(C)C1=NC=NN2CCN=C12. The number of rotatable bonds is 0. The molecule has 0 bridgehead atoms. The third-order valence-electron chi connectivity index (χ3n) is 2.12. The van der Waals surface area contributed by atoms with E-state index < -0.39 is 0 Å². The molecular formula is C9H14N4. The fraction of sp³-hybridized carbons (Fsp3) is 0.667. The zero-order valence-electron chi connectivity index (χ0n) is 8.28. The van der Waals surface area contributed by atoms with E-state index in [1.165, 1.54) is 0 Å². The first-order chi connectivity index (χ1) is 6.09. The van der Waals surface area contributed by atoms with E-state index in [0.717, 1.165) is 24.6 Å². The second-order valence-corrected chi connectivity index (χ2v) is 4.29.